The maximum atomic E-state index is 10.6. The molecule has 1 heterocycles. The van der Waals surface area contributed by atoms with Gasteiger partial charge >= 0.3 is 5.97 Å². The summed E-state index contributed by atoms with van der Waals surface area (Å²) in [5, 5.41) is 17.2. The van der Waals surface area contributed by atoms with Gasteiger partial charge in [-0.3, -0.25) is 0 Å². The van der Waals surface area contributed by atoms with E-state index in [4.69, 9.17) is 14.9 Å². The topological polar surface area (TPSA) is 92.5 Å². The van der Waals surface area contributed by atoms with Gasteiger partial charge in [0.15, 0.2) is 0 Å². The number of hydrogen-bond acceptors (Lipinski definition) is 5. The molecule has 0 saturated carbocycles. The first-order chi connectivity index (χ1) is 6.75. The lowest BCUT2D eigenvalue weighted by molar-refractivity contribution is 0.0684. The number of aromatic carboxylic acids is 1. The molecule has 0 bridgehead atoms. The van der Waals surface area contributed by atoms with E-state index < -0.39 is 5.97 Å². The van der Waals surface area contributed by atoms with Crippen LogP contribution in [-0.2, 0) is 0 Å². The summed E-state index contributed by atoms with van der Waals surface area (Å²) < 4.78 is 5.02. The van der Waals surface area contributed by atoms with Gasteiger partial charge in [0, 0.05) is 25.4 Å². The van der Waals surface area contributed by atoms with Crippen molar-refractivity contribution in [2.45, 2.75) is 6.42 Å². The second kappa shape index (κ2) is 5.13. The average molecular weight is 198 g/mol. The predicted octanol–water partition coefficient (Wildman–Crippen LogP) is -0.0640. The second-order valence-corrected chi connectivity index (χ2v) is 2.44. The van der Waals surface area contributed by atoms with E-state index in [1.165, 1.54) is 12.4 Å². The first kappa shape index (κ1) is 10.4. The van der Waals surface area contributed by atoms with Crippen molar-refractivity contribution >= 4 is 5.97 Å². The standard InChI is InChI=1S/C8H10N2O4/c11-4-1-5-14-7-6(8(12)13)9-2-3-10-7/h2-3,11H,1,4-5H2,(H,12,13). The van der Waals surface area contributed by atoms with Crippen LogP contribution in [0.1, 0.15) is 16.9 Å². The Hall–Kier alpha value is -1.69. The Bertz CT molecular complexity index is 316. The molecule has 0 atom stereocenters. The molecule has 0 aromatic carbocycles. The molecule has 1 rings (SSSR count). The first-order valence-electron chi connectivity index (χ1n) is 4.03. The Kier molecular flexibility index (Phi) is 3.81. The summed E-state index contributed by atoms with van der Waals surface area (Å²) in [6, 6.07) is 0. The van der Waals surface area contributed by atoms with Gasteiger partial charge in [-0.25, -0.2) is 14.8 Å². The highest BCUT2D eigenvalue weighted by Gasteiger charge is 2.13. The highest BCUT2D eigenvalue weighted by molar-refractivity contribution is 5.87. The van der Waals surface area contributed by atoms with Crippen molar-refractivity contribution in [3.05, 3.63) is 18.1 Å². The van der Waals surface area contributed by atoms with Gasteiger partial charge in [0.2, 0.25) is 11.6 Å². The Morgan fingerprint density at radius 3 is 2.79 bits per heavy atom. The quantitative estimate of drug-likeness (QED) is 0.643. The van der Waals surface area contributed by atoms with Gasteiger partial charge in [0.05, 0.1) is 6.61 Å². The van der Waals surface area contributed by atoms with Crippen LogP contribution < -0.4 is 4.74 Å². The summed E-state index contributed by atoms with van der Waals surface area (Å²) in [5.41, 5.74) is -0.217. The van der Waals surface area contributed by atoms with Crippen molar-refractivity contribution in [2.24, 2.45) is 0 Å². The zero-order chi connectivity index (χ0) is 10.4. The number of carbonyl (C=O) groups is 1. The highest BCUT2D eigenvalue weighted by atomic mass is 16.5. The number of rotatable bonds is 5. The molecule has 0 aliphatic carbocycles. The summed E-state index contributed by atoms with van der Waals surface area (Å²) >= 11 is 0. The molecule has 0 amide bonds. The van der Waals surface area contributed by atoms with Crippen LogP contribution in [0.5, 0.6) is 5.88 Å². The number of ether oxygens (including phenoxy) is 1. The normalized spacial score (nSPS) is 9.79. The molecule has 1 aromatic rings. The largest absolute Gasteiger partial charge is 0.476 e. The third-order valence-corrected chi connectivity index (χ3v) is 1.41. The van der Waals surface area contributed by atoms with Gasteiger partial charge in [-0.1, -0.05) is 0 Å². The van der Waals surface area contributed by atoms with E-state index in [1.54, 1.807) is 0 Å². The van der Waals surface area contributed by atoms with Crippen LogP contribution in [0.25, 0.3) is 0 Å². The lowest BCUT2D eigenvalue weighted by atomic mass is 10.4. The van der Waals surface area contributed by atoms with E-state index >= 15 is 0 Å². The molecule has 0 unspecified atom stereocenters. The van der Waals surface area contributed by atoms with E-state index in [0.29, 0.717) is 6.42 Å². The van der Waals surface area contributed by atoms with Crippen molar-refractivity contribution in [1.82, 2.24) is 9.97 Å². The molecule has 1 aromatic heterocycles. The molecule has 0 saturated heterocycles. The van der Waals surface area contributed by atoms with Gasteiger partial charge in [0.25, 0.3) is 0 Å². The van der Waals surface area contributed by atoms with Gasteiger partial charge in [-0.2, -0.15) is 0 Å². The molecule has 14 heavy (non-hydrogen) atoms. The molecule has 2 N–H and O–H groups in total. The summed E-state index contributed by atoms with van der Waals surface area (Å²) in [4.78, 5) is 18.0. The van der Waals surface area contributed by atoms with Crippen LogP contribution in [-0.4, -0.2) is 39.4 Å². The van der Waals surface area contributed by atoms with Gasteiger partial charge < -0.3 is 14.9 Å². The Morgan fingerprint density at radius 2 is 2.14 bits per heavy atom. The zero-order valence-electron chi connectivity index (χ0n) is 7.38. The second-order valence-electron chi connectivity index (χ2n) is 2.44. The van der Waals surface area contributed by atoms with Crippen molar-refractivity contribution < 1.29 is 19.7 Å². The summed E-state index contributed by atoms with van der Waals surface area (Å²) in [6.45, 7) is 0.206. The summed E-state index contributed by atoms with van der Waals surface area (Å²) in [5.74, 6) is -1.20. The number of carboxylic acids is 1. The lowest BCUT2D eigenvalue weighted by Crippen LogP contribution is -2.08. The van der Waals surface area contributed by atoms with Crippen LogP contribution in [0.2, 0.25) is 0 Å². The molecule has 6 heteroatoms. The molecule has 76 valence electrons. The van der Waals surface area contributed by atoms with Crippen molar-refractivity contribution in [1.29, 1.82) is 0 Å². The minimum atomic E-state index is -1.18. The molecule has 0 aliphatic rings. The molecule has 0 spiro atoms. The molecule has 0 fully saturated rings. The lowest BCUT2D eigenvalue weighted by Gasteiger charge is -2.04. The number of carboxylic acid groups (broad SMARTS) is 1. The number of nitrogens with zero attached hydrogens (tertiary/aromatic N) is 2. The predicted molar refractivity (Wildman–Crippen MR) is 46.2 cm³/mol. The Labute approximate surface area is 80.2 Å². The van der Waals surface area contributed by atoms with E-state index in [-0.39, 0.29) is 24.8 Å². The van der Waals surface area contributed by atoms with E-state index in [2.05, 4.69) is 9.97 Å². The van der Waals surface area contributed by atoms with Crippen molar-refractivity contribution in [2.75, 3.05) is 13.2 Å². The number of aromatic nitrogens is 2. The number of hydrogen-bond donors (Lipinski definition) is 2. The Balaban J connectivity index is 2.69. The van der Waals surface area contributed by atoms with Crippen molar-refractivity contribution in [3.8, 4) is 5.88 Å². The molecule has 6 nitrogen and oxygen atoms in total. The van der Waals surface area contributed by atoms with Crippen LogP contribution in [0.4, 0.5) is 0 Å². The van der Waals surface area contributed by atoms with Crippen molar-refractivity contribution in [3.63, 3.8) is 0 Å². The third kappa shape index (κ3) is 2.67. The summed E-state index contributed by atoms with van der Waals surface area (Å²) in [6.07, 6.45) is 3.05. The number of aliphatic hydroxyl groups excluding tert-OH is 1. The average Bonchev–Trinajstić information content (AvgIpc) is 2.19. The van der Waals surface area contributed by atoms with Crippen LogP contribution in [0, 0.1) is 0 Å². The minimum Gasteiger partial charge on any atom is -0.476 e. The SMILES string of the molecule is O=C(O)c1nccnc1OCCCO. The van der Waals surface area contributed by atoms with E-state index in [9.17, 15) is 4.79 Å². The fourth-order valence-corrected chi connectivity index (χ4v) is 0.811. The first-order valence-corrected chi connectivity index (χ1v) is 4.03. The smallest absolute Gasteiger partial charge is 0.360 e. The maximum absolute atomic E-state index is 10.6. The fraction of sp³-hybridized carbons (Fsp3) is 0.375. The molecular weight excluding hydrogens is 188 g/mol. The minimum absolute atomic E-state index is 0.0112. The van der Waals surface area contributed by atoms with Gasteiger partial charge in [0.1, 0.15) is 0 Å². The Morgan fingerprint density at radius 1 is 1.43 bits per heavy atom. The van der Waals surface area contributed by atoms with E-state index in [0.717, 1.165) is 0 Å². The summed E-state index contributed by atoms with van der Waals surface area (Å²) in [7, 11) is 0. The maximum Gasteiger partial charge on any atom is 0.360 e. The zero-order valence-corrected chi connectivity index (χ0v) is 7.38. The monoisotopic (exact) mass is 198 g/mol. The molecule has 0 aliphatic heterocycles. The van der Waals surface area contributed by atoms with Gasteiger partial charge in [-0.05, 0) is 0 Å². The third-order valence-electron chi connectivity index (χ3n) is 1.41. The van der Waals surface area contributed by atoms with E-state index in [1.807, 2.05) is 0 Å². The van der Waals surface area contributed by atoms with Crippen LogP contribution in [0.3, 0.4) is 0 Å². The van der Waals surface area contributed by atoms with Crippen LogP contribution >= 0.6 is 0 Å². The number of aliphatic hydroxyl groups is 1. The molecular formula is C8H10N2O4. The highest BCUT2D eigenvalue weighted by Crippen LogP contribution is 2.10. The van der Waals surface area contributed by atoms with Gasteiger partial charge in [-0.15, -0.1) is 0 Å². The fourth-order valence-electron chi connectivity index (χ4n) is 0.811. The van der Waals surface area contributed by atoms with Crippen LogP contribution in [0.15, 0.2) is 12.4 Å². The molecule has 0 radical (unpaired) electrons.